The molecule has 3 rings (SSSR count). The molecule has 0 spiro atoms. The van der Waals surface area contributed by atoms with Crippen LogP contribution in [0.25, 0.3) is 0 Å². The summed E-state index contributed by atoms with van der Waals surface area (Å²) in [4.78, 5) is 27.1. The maximum absolute atomic E-state index is 12.8. The van der Waals surface area contributed by atoms with E-state index in [0.29, 0.717) is 19.0 Å². The number of nitrogens with zero attached hydrogens (tertiary/aromatic N) is 1. The first-order chi connectivity index (χ1) is 16.1. The summed E-state index contributed by atoms with van der Waals surface area (Å²) in [5, 5.41) is 6.12. The highest BCUT2D eigenvalue weighted by Gasteiger charge is 2.22. The number of likely N-dealkylation sites (N-methyl/N-ethyl adjacent to an activating group) is 1. The van der Waals surface area contributed by atoms with Crippen LogP contribution in [0.3, 0.4) is 0 Å². The van der Waals surface area contributed by atoms with Gasteiger partial charge in [-0.3, -0.25) is 14.5 Å². The van der Waals surface area contributed by atoms with Crippen LogP contribution in [0, 0.1) is 26.7 Å². The molecule has 0 radical (unpaired) electrons. The minimum Gasteiger partial charge on any atom is -0.490 e. The van der Waals surface area contributed by atoms with Crippen LogP contribution >= 0.6 is 0 Å². The van der Waals surface area contributed by atoms with E-state index in [9.17, 15) is 9.59 Å². The van der Waals surface area contributed by atoms with Crippen LogP contribution < -0.4 is 20.1 Å². The molecule has 0 saturated carbocycles. The number of nitrogens with one attached hydrogen (secondary N) is 2. The summed E-state index contributed by atoms with van der Waals surface area (Å²) in [6.45, 7) is 11.6. The maximum atomic E-state index is 12.8. The van der Waals surface area contributed by atoms with Gasteiger partial charge in [0.25, 0.3) is 0 Å². The van der Waals surface area contributed by atoms with Crippen molar-refractivity contribution in [2.45, 2.75) is 47.1 Å². The van der Waals surface area contributed by atoms with Crippen molar-refractivity contribution in [1.29, 1.82) is 0 Å². The third kappa shape index (κ3) is 6.73. The summed E-state index contributed by atoms with van der Waals surface area (Å²) >= 11 is 0. The first kappa shape index (κ1) is 25.6. The highest BCUT2D eigenvalue weighted by atomic mass is 16.5. The number of hydrogen-bond donors (Lipinski definition) is 2. The van der Waals surface area contributed by atoms with E-state index >= 15 is 0 Å². The topological polar surface area (TPSA) is 79.9 Å². The second kappa shape index (κ2) is 11.4. The molecule has 0 aromatic heterocycles. The molecule has 1 aliphatic rings. The fourth-order valence-electron chi connectivity index (χ4n) is 4.33. The lowest BCUT2D eigenvalue weighted by molar-refractivity contribution is -0.123. The van der Waals surface area contributed by atoms with Gasteiger partial charge in [0.1, 0.15) is 0 Å². The smallest absolute Gasteiger partial charge is 0.238 e. The Bertz CT molecular complexity index is 1010. The summed E-state index contributed by atoms with van der Waals surface area (Å²) in [6, 6.07) is 9.75. The van der Waals surface area contributed by atoms with Crippen LogP contribution in [0.4, 0.5) is 5.69 Å². The van der Waals surface area contributed by atoms with Gasteiger partial charge in [0.15, 0.2) is 11.5 Å². The normalized spacial score (nSPS) is 14.0. The van der Waals surface area contributed by atoms with Crippen LogP contribution in [0.5, 0.6) is 11.5 Å². The molecular weight excluding hydrogens is 430 g/mol. The molecule has 1 heterocycles. The molecule has 184 valence electrons. The van der Waals surface area contributed by atoms with Crippen LogP contribution in [-0.4, -0.2) is 50.1 Å². The van der Waals surface area contributed by atoms with Crippen LogP contribution in [0.15, 0.2) is 30.3 Å². The summed E-state index contributed by atoms with van der Waals surface area (Å²) in [5.41, 5.74) is 5.03. The Labute approximate surface area is 202 Å². The van der Waals surface area contributed by atoms with Gasteiger partial charge in [0, 0.05) is 12.1 Å². The lowest BCUT2D eigenvalue weighted by Crippen LogP contribution is -2.41. The average Bonchev–Trinajstić information content (AvgIpc) is 2.99. The monoisotopic (exact) mass is 467 g/mol. The molecule has 1 aliphatic heterocycles. The van der Waals surface area contributed by atoms with Crippen molar-refractivity contribution in [1.82, 2.24) is 10.2 Å². The lowest BCUT2D eigenvalue weighted by atomic mass is 9.95. The molecule has 2 amide bonds. The zero-order valence-electron chi connectivity index (χ0n) is 21.2. The number of fused-ring (bicyclic) bond motifs is 1. The van der Waals surface area contributed by atoms with Gasteiger partial charge < -0.3 is 20.1 Å². The summed E-state index contributed by atoms with van der Waals surface area (Å²) < 4.78 is 11.5. The van der Waals surface area contributed by atoms with E-state index in [-0.39, 0.29) is 36.9 Å². The minimum absolute atomic E-state index is 0.118. The van der Waals surface area contributed by atoms with Gasteiger partial charge in [-0.15, -0.1) is 0 Å². The van der Waals surface area contributed by atoms with E-state index in [1.54, 1.807) is 11.9 Å². The van der Waals surface area contributed by atoms with E-state index in [2.05, 4.69) is 24.5 Å². The van der Waals surface area contributed by atoms with Crippen molar-refractivity contribution in [3.05, 3.63) is 52.6 Å². The summed E-state index contributed by atoms with van der Waals surface area (Å²) in [5.74, 6) is 1.34. The largest absolute Gasteiger partial charge is 0.490 e. The van der Waals surface area contributed by atoms with Gasteiger partial charge in [0.2, 0.25) is 11.8 Å². The Morgan fingerprint density at radius 2 is 1.56 bits per heavy atom. The number of carbonyl (C=O) groups excluding carboxylic acids is 2. The third-order valence-corrected chi connectivity index (χ3v) is 5.88. The first-order valence-electron chi connectivity index (χ1n) is 11.9. The molecule has 0 aliphatic carbocycles. The third-order valence-electron chi connectivity index (χ3n) is 5.88. The van der Waals surface area contributed by atoms with Gasteiger partial charge in [-0.2, -0.15) is 0 Å². The van der Waals surface area contributed by atoms with Crippen molar-refractivity contribution in [3.8, 4) is 11.5 Å². The number of anilines is 1. The highest BCUT2D eigenvalue weighted by Crippen LogP contribution is 2.34. The molecule has 2 aromatic rings. The van der Waals surface area contributed by atoms with Gasteiger partial charge in [-0.1, -0.05) is 37.6 Å². The Morgan fingerprint density at radius 3 is 2.21 bits per heavy atom. The number of rotatable bonds is 8. The van der Waals surface area contributed by atoms with Gasteiger partial charge >= 0.3 is 0 Å². The summed E-state index contributed by atoms with van der Waals surface area (Å²) in [7, 11) is 1.77. The number of aryl methyl sites for hydroxylation is 3. The van der Waals surface area contributed by atoms with E-state index in [4.69, 9.17) is 9.47 Å². The number of amides is 2. The zero-order valence-corrected chi connectivity index (χ0v) is 21.2. The van der Waals surface area contributed by atoms with Crippen molar-refractivity contribution in [2.75, 3.05) is 38.7 Å². The van der Waals surface area contributed by atoms with Crippen molar-refractivity contribution in [2.24, 2.45) is 5.92 Å². The molecule has 2 N–H and O–H groups in total. The molecule has 0 fully saturated rings. The van der Waals surface area contributed by atoms with Gasteiger partial charge in [0.05, 0.1) is 32.3 Å². The van der Waals surface area contributed by atoms with E-state index in [1.807, 2.05) is 51.1 Å². The Hall–Kier alpha value is -3.06. The van der Waals surface area contributed by atoms with Crippen LogP contribution in [0.1, 0.15) is 48.6 Å². The molecule has 0 saturated heterocycles. The SMILES string of the molecule is Cc1cc(C)c(NC(=O)CN(C)CC(=O)NC(c2ccc3c(c2)OCCCO3)C(C)C)c(C)c1. The van der Waals surface area contributed by atoms with E-state index in [1.165, 1.54) is 0 Å². The molecule has 34 heavy (non-hydrogen) atoms. The van der Waals surface area contributed by atoms with Gasteiger partial charge in [-0.25, -0.2) is 0 Å². The molecule has 7 nitrogen and oxygen atoms in total. The molecular formula is C27H37N3O4. The average molecular weight is 468 g/mol. The number of carbonyl (C=O) groups is 2. The molecule has 7 heteroatoms. The second-order valence-corrected chi connectivity index (χ2v) is 9.54. The number of benzene rings is 2. The fraction of sp³-hybridized carbons (Fsp3) is 0.481. The van der Waals surface area contributed by atoms with E-state index in [0.717, 1.165) is 40.1 Å². The maximum Gasteiger partial charge on any atom is 0.238 e. The Kier molecular flexibility index (Phi) is 8.56. The molecule has 1 atom stereocenters. The Morgan fingerprint density at radius 1 is 0.941 bits per heavy atom. The lowest BCUT2D eigenvalue weighted by Gasteiger charge is -2.25. The van der Waals surface area contributed by atoms with Crippen molar-refractivity contribution in [3.63, 3.8) is 0 Å². The van der Waals surface area contributed by atoms with Crippen molar-refractivity contribution >= 4 is 17.5 Å². The first-order valence-corrected chi connectivity index (χ1v) is 11.9. The number of hydrogen-bond acceptors (Lipinski definition) is 5. The molecule has 2 aromatic carbocycles. The predicted octanol–water partition coefficient (Wildman–Crippen LogP) is 4.16. The van der Waals surface area contributed by atoms with Crippen molar-refractivity contribution < 1.29 is 19.1 Å². The fourth-order valence-corrected chi connectivity index (χ4v) is 4.33. The quantitative estimate of drug-likeness (QED) is 0.610. The standard InChI is InChI=1S/C27H37N3O4/c1-17(2)26(21-8-9-22-23(14-21)34-11-7-10-33-22)28-24(31)15-30(6)16-25(32)29-27-19(4)12-18(3)13-20(27)5/h8-9,12-14,17,26H,7,10-11,15-16H2,1-6H3,(H,28,31)(H,29,32). The second-order valence-electron chi connectivity index (χ2n) is 9.54. The minimum atomic E-state index is -0.176. The van der Waals surface area contributed by atoms with E-state index < -0.39 is 0 Å². The Balaban J connectivity index is 1.59. The summed E-state index contributed by atoms with van der Waals surface area (Å²) in [6.07, 6.45) is 0.845. The van der Waals surface area contributed by atoms with Crippen LogP contribution in [0.2, 0.25) is 0 Å². The van der Waals surface area contributed by atoms with Crippen LogP contribution in [-0.2, 0) is 9.59 Å². The number of ether oxygens (including phenoxy) is 2. The molecule has 1 unspecified atom stereocenters. The highest BCUT2D eigenvalue weighted by molar-refractivity contribution is 5.94. The predicted molar refractivity (Wildman–Crippen MR) is 135 cm³/mol. The van der Waals surface area contributed by atoms with Gasteiger partial charge in [-0.05, 0) is 62.6 Å². The zero-order chi connectivity index (χ0) is 24.8. The molecule has 0 bridgehead atoms.